The van der Waals surface area contributed by atoms with Gasteiger partial charge in [0.2, 0.25) is 0 Å². The predicted octanol–water partition coefficient (Wildman–Crippen LogP) is 2.53. The predicted molar refractivity (Wildman–Crippen MR) is 72.6 cm³/mol. The van der Waals surface area contributed by atoms with Crippen molar-refractivity contribution in [1.82, 2.24) is 19.5 Å². The Kier molecular flexibility index (Phi) is 3.60. The van der Waals surface area contributed by atoms with Crippen LogP contribution in [0.5, 0.6) is 0 Å². The minimum Gasteiger partial charge on any atom is -0.373 e. The molecule has 1 N–H and O–H groups in total. The van der Waals surface area contributed by atoms with Gasteiger partial charge in [0.1, 0.15) is 17.8 Å². The highest BCUT2D eigenvalue weighted by Crippen LogP contribution is 2.30. The Morgan fingerprint density at radius 3 is 2.67 bits per heavy atom. The second-order valence-electron chi connectivity index (χ2n) is 4.43. The van der Waals surface area contributed by atoms with E-state index in [4.69, 9.17) is 0 Å². The Hall–Kier alpha value is -1.91. The van der Waals surface area contributed by atoms with E-state index >= 15 is 0 Å². The average Bonchev–Trinajstić information content (AvgIpc) is 2.85. The molecule has 2 rings (SSSR count). The highest BCUT2D eigenvalue weighted by atomic mass is 15.1. The smallest absolute Gasteiger partial charge is 0.159 e. The fraction of sp³-hybridized carbons (Fsp3) is 0.462. The Labute approximate surface area is 107 Å². The third-order valence-corrected chi connectivity index (χ3v) is 2.97. The molecule has 2 aromatic rings. The minimum absolute atomic E-state index is 0.339. The van der Waals surface area contributed by atoms with Gasteiger partial charge in [0, 0.05) is 31.5 Å². The van der Waals surface area contributed by atoms with E-state index in [0.29, 0.717) is 5.92 Å². The number of aryl methyl sites for hydroxylation is 1. The lowest BCUT2D eigenvalue weighted by atomic mass is 10.0. The van der Waals surface area contributed by atoms with Gasteiger partial charge >= 0.3 is 0 Å². The monoisotopic (exact) mass is 245 g/mol. The van der Waals surface area contributed by atoms with Crippen LogP contribution in [0.1, 0.15) is 32.3 Å². The number of rotatable bonds is 4. The van der Waals surface area contributed by atoms with Crippen molar-refractivity contribution in [2.75, 3.05) is 12.4 Å². The topological polar surface area (TPSA) is 55.6 Å². The van der Waals surface area contributed by atoms with Crippen molar-refractivity contribution in [1.29, 1.82) is 0 Å². The maximum Gasteiger partial charge on any atom is 0.159 e. The van der Waals surface area contributed by atoms with Crippen molar-refractivity contribution >= 4 is 5.82 Å². The van der Waals surface area contributed by atoms with Gasteiger partial charge in [-0.2, -0.15) is 0 Å². The van der Waals surface area contributed by atoms with Crippen LogP contribution in [0, 0.1) is 0 Å². The quantitative estimate of drug-likeness (QED) is 0.899. The van der Waals surface area contributed by atoms with Crippen molar-refractivity contribution < 1.29 is 0 Å². The van der Waals surface area contributed by atoms with Gasteiger partial charge in [0.25, 0.3) is 0 Å². The summed E-state index contributed by atoms with van der Waals surface area (Å²) < 4.78 is 2.09. The molecule has 0 radical (unpaired) electrons. The summed E-state index contributed by atoms with van der Waals surface area (Å²) in [6.07, 6.45) is 5.37. The molecular weight excluding hydrogens is 226 g/mol. The van der Waals surface area contributed by atoms with Crippen LogP contribution in [0.2, 0.25) is 0 Å². The molecule has 0 fully saturated rings. The number of hydrogen-bond acceptors (Lipinski definition) is 4. The molecule has 96 valence electrons. The van der Waals surface area contributed by atoms with Gasteiger partial charge in [0.05, 0.1) is 0 Å². The average molecular weight is 245 g/mol. The van der Waals surface area contributed by atoms with Crippen molar-refractivity contribution in [2.45, 2.75) is 33.2 Å². The van der Waals surface area contributed by atoms with Gasteiger partial charge < -0.3 is 9.88 Å². The molecule has 5 heteroatoms. The van der Waals surface area contributed by atoms with Crippen LogP contribution >= 0.6 is 0 Å². The third-order valence-electron chi connectivity index (χ3n) is 2.97. The van der Waals surface area contributed by atoms with Crippen molar-refractivity contribution in [2.24, 2.45) is 0 Å². The first kappa shape index (κ1) is 12.5. The first-order chi connectivity index (χ1) is 8.69. The summed E-state index contributed by atoms with van der Waals surface area (Å²) in [7, 11) is 1.88. The molecule has 0 bridgehead atoms. The van der Waals surface area contributed by atoms with Crippen LogP contribution in [0.4, 0.5) is 5.82 Å². The zero-order valence-electron chi connectivity index (χ0n) is 11.3. The molecule has 0 amide bonds. The number of anilines is 1. The van der Waals surface area contributed by atoms with Crippen LogP contribution in [0.15, 0.2) is 18.7 Å². The van der Waals surface area contributed by atoms with Gasteiger partial charge in [0.15, 0.2) is 5.82 Å². The Morgan fingerprint density at radius 2 is 2.06 bits per heavy atom. The van der Waals surface area contributed by atoms with Crippen molar-refractivity contribution in [3.05, 3.63) is 24.3 Å². The summed E-state index contributed by atoms with van der Waals surface area (Å²) in [5, 5.41) is 3.13. The van der Waals surface area contributed by atoms with Gasteiger partial charge in [-0.15, -0.1) is 0 Å². The van der Waals surface area contributed by atoms with Gasteiger partial charge in [-0.3, -0.25) is 0 Å². The third kappa shape index (κ3) is 2.08. The maximum atomic E-state index is 4.43. The fourth-order valence-electron chi connectivity index (χ4n) is 2.10. The van der Waals surface area contributed by atoms with E-state index in [9.17, 15) is 0 Å². The van der Waals surface area contributed by atoms with E-state index in [1.165, 1.54) is 0 Å². The summed E-state index contributed by atoms with van der Waals surface area (Å²) in [6, 6.07) is 0. The first-order valence-electron chi connectivity index (χ1n) is 6.23. The summed E-state index contributed by atoms with van der Waals surface area (Å²) in [6.45, 7) is 7.26. The van der Waals surface area contributed by atoms with Crippen molar-refractivity contribution in [3.63, 3.8) is 0 Å². The number of imidazole rings is 1. The van der Waals surface area contributed by atoms with E-state index < -0.39 is 0 Å². The largest absolute Gasteiger partial charge is 0.373 e. The summed E-state index contributed by atoms with van der Waals surface area (Å²) in [4.78, 5) is 13.1. The summed E-state index contributed by atoms with van der Waals surface area (Å²) >= 11 is 0. The molecule has 2 aromatic heterocycles. The normalized spacial score (nSPS) is 10.9. The molecule has 0 unspecified atom stereocenters. The van der Waals surface area contributed by atoms with Crippen LogP contribution in [-0.2, 0) is 6.54 Å². The number of aromatic nitrogens is 4. The highest BCUT2D eigenvalue weighted by Gasteiger charge is 2.18. The molecule has 0 spiro atoms. The lowest BCUT2D eigenvalue weighted by Crippen LogP contribution is -2.07. The Bertz CT molecular complexity index is 530. The van der Waals surface area contributed by atoms with Crippen molar-refractivity contribution in [3.8, 4) is 11.5 Å². The van der Waals surface area contributed by atoms with Crippen LogP contribution < -0.4 is 5.32 Å². The zero-order valence-corrected chi connectivity index (χ0v) is 11.3. The summed E-state index contributed by atoms with van der Waals surface area (Å²) in [5.74, 6) is 2.12. The molecule has 0 saturated heterocycles. The van der Waals surface area contributed by atoms with E-state index in [0.717, 1.165) is 29.4 Å². The molecule has 0 aliphatic rings. The van der Waals surface area contributed by atoms with E-state index in [1.807, 2.05) is 19.4 Å². The van der Waals surface area contributed by atoms with Gasteiger partial charge in [-0.25, -0.2) is 15.0 Å². The number of nitrogens with one attached hydrogen (secondary N) is 1. The Balaban J connectivity index is 2.64. The minimum atomic E-state index is 0.339. The van der Waals surface area contributed by atoms with Crippen LogP contribution in [0.3, 0.4) is 0 Å². The molecule has 0 saturated carbocycles. The standard InChI is InChI=1S/C13H19N5/c1-5-18-7-6-15-13(18)11-10(9(2)3)12(14-4)17-8-16-11/h6-9H,5H2,1-4H3,(H,14,16,17). The maximum absolute atomic E-state index is 4.43. The van der Waals surface area contributed by atoms with E-state index in [2.05, 4.69) is 45.6 Å². The molecule has 5 nitrogen and oxygen atoms in total. The van der Waals surface area contributed by atoms with Crippen LogP contribution in [0.25, 0.3) is 11.5 Å². The molecule has 0 aliphatic heterocycles. The number of nitrogens with zero attached hydrogens (tertiary/aromatic N) is 4. The SMILES string of the molecule is CCn1ccnc1-c1ncnc(NC)c1C(C)C. The van der Waals surface area contributed by atoms with Gasteiger partial charge in [-0.05, 0) is 12.8 Å². The lowest BCUT2D eigenvalue weighted by molar-refractivity contribution is 0.761. The fourth-order valence-corrected chi connectivity index (χ4v) is 2.10. The first-order valence-corrected chi connectivity index (χ1v) is 6.23. The van der Waals surface area contributed by atoms with Crippen LogP contribution in [-0.4, -0.2) is 26.6 Å². The second kappa shape index (κ2) is 5.16. The molecule has 18 heavy (non-hydrogen) atoms. The Morgan fingerprint density at radius 1 is 1.28 bits per heavy atom. The molecule has 0 aromatic carbocycles. The second-order valence-corrected chi connectivity index (χ2v) is 4.43. The lowest BCUT2D eigenvalue weighted by Gasteiger charge is -2.15. The zero-order chi connectivity index (χ0) is 13.1. The highest BCUT2D eigenvalue weighted by molar-refractivity contribution is 5.64. The number of hydrogen-bond donors (Lipinski definition) is 1. The van der Waals surface area contributed by atoms with E-state index in [1.54, 1.807) is 6.33 Å². The molecule has 2 heterocycles. The summed E-state index contributed by atoms with van der Waals surface area (Å²) in [5.41, 5.74) is 2.03. The molecule has 0 aliphatic carbocycles. The van der Waals surface area contributed by atoms with Gasteiger partial charge in [-0.1, -0.05) is 13.8 Å². The molecule has 0 atom stereocenters. The van der Waals surface area contributed by atoms with E-state index in [-0.39, 0.29) is 0 Å². The molecular formula is C13H19N5.